The Morgan fingerprint density at radius 2 is 2.00 bits per heavy atom. The zero-order valence-corrected chi connectivity index (χ0v) is 13.6. The van der Waals surface area contributed by atoms with Crippen molar-refractivity contribution >= 4 is 37.4 Å². The van der Waals surface area contributed by atoms with E-state index in [1.54, 1.807) is 7.11 Å². The van der Waals surface area contributed by atoms with E-state index in [1.165, 1.54) is 0 Å². The van der Waals surface area contributed by atoms with Crippen molar-refractivity contribution in [3.63, 3.8) is 0 Å². The van der Waals surface area contributed by atoms with Crippen LogP contribution in [0.1, 0.15) is 12.1 Å². The molecule has 0 saturated heterocycles. The second-order valence-corrected chi connectivity index (χ2v) is 5.58. The molecule has 0 N–H and O–H groups in total. The summed E-state index contributed by atoms with van der Waals surface area (Å²) in [5, 5.41) is 1.16. The summed E-state index contributed by atoms with van der Waals surface area (Å²) in [6, 6.07) is 12.1. The molecule has 2 aromatic rings. The molecule has 0 spiro atoms. The molecular formula is C14H16Cl2CoN2O. The van der Waals surface area contributed by atoms with Crippen molar-refractivity contribution in [3.8, 4) is 0 Å². The van der Waals surface area contributed by atoms with Crippen molar-refractivity contribution in [2.45, 2.75) is 6.42 Å². The number of aliphatic imine (C=N–C) groups is 1. The van der Waals surface area contributed by atoms with Crippen LogP contribution in [0.4, 0.5) is 0 Å². The fraction of sp³-hybridized carbons (Fsp3) is 0.286. The standard InChI is InChI=1S/C14H16N2O.2ClH.Co/c1-17-10-4-9-15-11-13-8-7-12-5-2-3-6-14(12)16-13;;;/h2-3,5-8,11H,4,9-10H2,1H3;2*1H;/q;;;+2/p-2. The molecule has 1 aromatic carbocycles. The molecule has 0 bridgehead atoms. The van der Waals surface area contributed by atoms with Gasteiger partial charge in [0.25, 0.3) is 0 Å². The quantitative estimate of drug-likeness (QED) is 0.597. The van der Waals surface area contributed by atoms with Gasteiger partial charge in [-0.25, -0.2) is 4.98 Å². The topological polar surface area (TPSA) is 34.5 Å². The second kappa shape index (κ2) is 11.1. The molecule has 1 heterocycles. The summed E-state index contributed by atoms with van der Waals surface area (Å²) in [7, 11) is 11.2. The van der Waals surface area contributed by atoms with Crippen LogP contribution in [0.3, 0.4) is 0 Å². The Labute approximate surface area is 133 Å². The van der Waals surface area contributed by atoms with Gasteiger partial charge < -0.3 is 4.74 Å². The van der Waals surface area contributed by atoms with Gasteiger partial charge in [0, 0.05) is 31.9 Å². The number of para-hydroxylation sites is 1. The Morgan fingerprint density at radius 3 is 2.75 bits per heavy atom. The first-order chi connectivity index (χ1) is 9.81. The van der Waals surface area contributed by atoms with Crippen LogP contribution in [0.2, 0.25) is 0 Å². The first-order valence-electron chi connectivity index (χ1n) is 6.00. The molecule has 0 aliphatic heterocycles. The molecule has 0 aliphatic rings. The van der Waals surface area contributed by atoms with Gasteiger partial charge in [-0.2, -0.15) is 0 Å². The van der Waals surface area contributed by atoms with Gasteiger partial charge in [0.15, 0.2) is 0 Å². The van der Waals surface area contributed by atoms with Crippen molar-refractivity contribution in [1.82, 2.24) is 4.98 Å². The summed E-state index contributed by atoms with van der Waals surface area (Å²) >= 11 is 0.382. The van der Waals surface area contributed by atoms with Crippen LogP contribution in [-0.4, -0.2) is 31.5 Å². The van der Waals surface area contributed by atoms with E-state index in [2.05, 4.69) is 22.1 Å². The molecule has 0 amide bonds. The monoisotopic (exact) mass is 357 g/mol. The minimum absolute atomic E-state index is 0.382. The second-order valence-electron chi connectivity index (χ2n) is 3.86. The van der Waals surface area contributed by atoms with E-state index in [0.29, 0.717) is 12.9 Å². The summed E-state index contributed by atoms with van der Waals surface area (Å²) in [6.45, 7) is 1.53. The fourth-order valence-corrected chi connectivity index (χ4v) is 1.61. The van der Waals surface area contributed by atoms with Crippen molar-refractivity contribution < 1.29 is 17.6 Å². The molecule has 0 aliphatic carbocycles. The van der Waals surface area contributed by atoms with Gasteiger partial charge in [-0.1, -0.05) is 24.3 Å². The van der Waals surface area contributed by atoms with E-state index in [-0.39, 0.29) is 0 Å². The van der Waals surface area contributed by atoms with Crippen LogP contribution in [-0.2, 0) is 17.6 Å². The third kappa shape index (κ3) is 6.68. The molecule has 0 unspecified atom stereocenters. The van der Waals surface area contributed by atoms with Crippen molar-refractivity contribution in [2.75, 3.05) is 20.3 Å². The number of methoxy groups -OCH3 is 1. The van der Waals surface area contributed by atoms with Gasteiger partial charge >= 0.3 is 33.2 Å². The Morgan fingerprint density at radius 1 is 1.25 bits per heavy atom. The number of nitrogens with zero attached hydrogens (tertiary/aromatic N) is 2. The minimum atomic E-state index is 0.382. The van der Waals surface area contributed by atoms with Gasteiger partial charge in [0.1, 0.15) is 0 Å². The predicted molar refractivity (Wildman–Crippen MR) is 82.4 cm³/mol. The van der Waals surface area contributed by atoms with Gasteiger partial charge in [0.2, 0.25) is 0 Å². The average Bonchev–Trinajstić information content (AvgIpc) is 2.48. The van der Waals surface area contributed by atoms with E-state index >= 15 is 0 Å². The van der Waals surface area contributed by atoms with E-state index in [1.807, 2.05) is 30.5 Å². The Kier molecular flexibility index (Phi) is 9.62. The van der Waals surface area contributed by atoms with Crippen molar-refractivity contribution in [2.24, 2.45) is 4.99 Å². The van der Waals surface area contributed by atoms with E-state index < -0.39 is 0 Å². The molecule has 0 saturated carbocycles. The third-order valence-corrected chi connectivity index (χ3v) is 2.48. The van der Waals surface area contributed by atoms with Crippen LogP contribution in [0.5, 0.6) is 0 Å². The Hall–Kier alpha value is -0.654. The molecule has 2 rings (SSSR count). The Balaban J connectivity index is 0.000000612. The molecule has 1 aromatic heterocycles. The fourth-order valence-electron chi connectivity index (χ4n) is 1.61. The predicted octanol–water partition coefficient (Wildman–Crippen LogP) is 4.07. The average molecular weight is 358 g/mol. The first kappa shape index (κ1) is 17.4. The molecule has 20 heavy (non-hydrogen) atoms. The number of hydrogen-bond acceptors (Lipinski definition) is 3. The molecular weight excluding hydrogens is 342 g/mol. The number of benzene rings is 1. The third-order valence-electron chi connectivity index (χ3n) is 2.48. The summed E-state index contributed by atoms with van der Waals surface area (Å²) in [5.41, 5.74) is 1.91. The number of pyridine rings is 1. The van der Waals surface area contributed by atoms with Crippen LogP contribution in [0.15, 0.2) is 41.4 Å². The van der Waals surface area contributed by atoms with Crippen LogP contribution in [0.25, 0.3) is 10.9 Å². The number of halogens is 2. The van der Waals surface area contributed by atoms with Gasteiger partial charge in [-0.15, -0.1) is 0 Å². The van der Waals surface area contributed by atoms with Crippen LogP contribution < -0.4 is 0 Å². The molecule has 3 nitrogen and oxygen atoms in total. The van der Waals surface area contributed by atoms with Gasteiger partial charge in [-0.3, -0.25) is 4.99 Å². The summed E-state index contributed by atoms with van der Waals surface area (Å²) < 4.78 is 4.96. The number of ether oxygens (including phenoxy) is 1. The zero-order valence-electron chi connectivity index (χ0n) is 11.1. The van der Waals surface area contributed by atoms with Crippen molar-refractivity contribution in [3.05, 3.63) is 42.1 Å². The number of rotatable bonds is 5. The zero-order chi connectivity index (χ0) is 14.6. The summed E-state index contributed by atoms with van der Waals surface area (Å²) in [6.07, 6.45) is 2.77. The SMILES string of the molecule is COCCCN=Cc1ccc2ccccc2n1.[Cl][Co][Cl]. The number of aromatic nitrogens is 1. The number of fused-ring (bicyclic) bond motifs is 1. The maximum atomic E-state index is 4.96. The van der Waals surface area contributed by atoms with E-state index in [9.17, 15) is 0 Å². The first-order valence-corrected chi connectivity index (χ1v) is 8.86. The van der Waals surface area contributed by atoms with Crippen LogP contribution >= 0.6 is 20.3 Å². The van der Waals surface area contributed by atoms with Crippen LogP contribution in [0, 0.1) is 0 Å². The van der Waals surface area contributed by atoms with Gasteiger partial charge in [-0.05, 0) is 18.6 Å². The maximum absolute atomic E-state index is 4.96. The molecule has 0 fully saturated rings. The molecule has 6 heteroatoms. The van der Waals surface area contributed by atoms with E-state index in [4.69, 9.17) is 25.0 Å². The Bertz CT molecular complexity index is 537. The molecule has 111 valence electrons. The van der Waals surface area contributed by atoms with Gasteiger partial charge in [0.05, 0.1) is 11.2 Å². The van der Waals surface area contributed by atoms with Crippen molar-refractivity contribution in [1.29, 1.82) is 0 Å². The normalized spacial score (nSPS) is 10.8. The summed E-state index contributed by atoms with van der Waals surface area (Å²) in [5.74, 6) is 0. The summed E-state index contributed by atoms with van der Waals surface area (Å²) in [4.78, 5) is 8.83. The molecule has 0 atom stereocenters. The number of hydrogen-bond donors (Lipinski definition) is 0. The molecule has 0 radical (unpaired) electrons. The van der Waals surface area contributed by atoms with E-state index in [0.717, 1.165) is 36.2 Å².